The Bertz CT molecular complexity index is 732. The van der Waals surface area contributed by atoms with E-state index in [4.69, 9.17) is 0 Å². The number of thioether (sulfide) groups is 1. The van der Waals surface area contributed by atoms with Gasteiger partial charge < -0.3 is 0 Å². The highest BCUT2D eigenvalue weighted by molar-refractivity contribution is 8.00. The van der Waals surface area contributed by atoms with Gasteiger partial charge in [-0.25, -0.2) is 9.97 Å². The van der Waals surface area contributed by atoms with Gasteiger partial charge in [-0.15, -0.1) is 22.7 Å². The number of hydrogen-bond acceptors (Lipinski definition) is 6. The maximum absolute atomic E-state index is 12.1. The van der Waals surface area contributed by atoms with Crippen molar-refractivity contribution in [1.82, 2.24) is 9.97 Å². The van der Waals surface area contributed by atoms with Crippen molar-refractivity contribution in [3.8, 4) is 0 Å². The van der Waals surface area contributed by atoms with Crippen molar-refractivity contribution in [3.05, 3.63) is 39.7 Å². The maximum atomic E-state index is 12.1. The summed E-state index contributed by atoms with van der Waals surface area (Å²) in [6, 6.07) is 5.87. The molecule has 0 spiro atoms. The van der Waals surface area contributed by atoms with Gasteiger partial charge in [-0.1, -0.05) is 11.8 Å². The van der Waals surface area contributed by atoms with Crippen LogP contribution in [-0.2, 0) is 0 Å². The number of ketones is 1. The average Bonchev–Trinajstić information content (AvgIpc) is 3.04. The second-order valence-electron chi connectivity index (χ2n) is 3.94. The van der Waals surface area contributed by atoms with E-state index in [1.807, 2.05) is 30.5 Å². The number of thiophene rings is 2. The zero-order valence-corrected chi connectivity index (χ0v) is 12.6. The van der Waals surface area contributed by atoms with Crippen LogP contribution in [0, 0.1) is 6.92 Å². The number of carbonyl (C=O) groups is 1. The number of Topliss-reactive ketones (excluding diaryl/α,β-unsaturated/α-hetero) is 1. The van der Waals surface area contributed by atoms with Gasteiger partial charge in [-0.3, -0.25) is 4.79 Å². The molecule has 0 atom stereocenters. The molecule has 0 N–H and O–H groups in total. The maximum Gasteiger partial charge on any atom is 0.183 e. The first kappa shape index (κ1) is 12.8. The third kappa shape index (κ3) is 2.70. The minimum Gasteiger partial charge on any atom is -0.292 e. The topological polar surface area (TPSA) is 42.9 Å². The van der Waals surface area contributed by atoms with Gasteiger partial charge >= 0.3 is 0 Å². The van der Waals surface area contributed by atoms with E-state index in [0.717, 1.165) is 25.0 Å². The summed E-state index contributed by atoms with van der Waals surface area (Å²) in [6.07, 6.45) is 1.56. The van der Waals surface area contributed by atoms with E-state index in [0.29, 0.717) is 5.75 Å². The fourth-order valence-corrected chi connectivity index (χ4v) is 4.23. The van der Waals surface area contributed by atoms with Crippen LogP contribution in [0.15, 0.2) is 34.9 Å². The van der Waals surface area contributed by atoms with E-state index in [9.17, 15) is 4.79 Å². The van der Waals surface area contributed by atoms with Crippen molar-refractivity contribution in [1.29, 1.82) is 0 Å². The summed E-state index contributed by atoms with van der Waals surface area (Å²) in [5.74, 6) is 0.576. The van der Waals surface area contributed by atoms with Crippen LogP contribution in [0.25, 0.3) is 10.2 Å². The Hall–Kier alpha value is -1.24. The fraction of sp³-hybridized carbons (Fsp3) is 0.154. The van der Waals surface area contributed by atoms with Gasteiger partial charge in [0.1, 0.15) is 16.2 Å². The Kier molecular flexibility index (Phi) is 3.63. The Morgan fingerprint density at radius 3 is 3.00 bits per heavy atom. The van der Waals surface area contributed by atoms with Crippen molar-refractivity contribution < 1.29 is 4.79 Å². The fourth-order valence-electron chi connectivity index (χ4n) is 1.67. The van der Waals surface area contributed by atoms with Crippen LogP contribution in [0.5, 0.6) is 0 Å². The van der Waals surface area contributed by atoms with Gasteiger partial charge in [0.2, 0.25) is 0 Å². The predicted molar refractivity (Wildman–Crippen MR) is 81.5 cm³/mol. The van der Waals surface area contributed by atoms with Gasteiger partial charge in [0.05, 0.1) is 10.6 Å². The van der Waals surface area contributed by atoms with Crippen molar-refractivity contribution in [3.63, 3.8) is 0 Å². The first-order valence-electron chi connectivity index (χ1n) is 5.64. The van der Waals surface area contributed by atoms with Crippen LogP contribution >= 0.6 is 34.4 Å². The molecule has 3 heterocycles. The minimum atomic E-state index is 0.157. The van der Waals surface area contributed by atoms with E-state index in [2.05, 4.69) is 9.97 Å². The number of aromatic nitrogens is 2. The molecule has 0 bridgehead atoms. The molecule has 19 heavy (non-hydrogen) atoms. The Morgan fingerprint density at radius 1 is 1.32 bits per heavy atom. The molecular formula is C13H10N2OS3. The molecular weight excluding hydrogens is 296 g/mol. The zero-order valence-electron chi connectivity index (χ0n) is 10.1. The summed E-state index contributed by atoms with van der Waals surface area (Å²) in [6.45, 7) is 2.01. The molecule has 3 aromatic rings. The predicted octanol–water partition coefficient (Wildman–Crippen LogP) is 4.04. The molecule has 3 rings (SSSR count). The monoisotopic (exact) mass is 306 g/mol. The molecule has 0 aliphatic heterocycles. The van der Waals surface area contributed by atoms with Crippen LogP contribution in [0.2, 0.25) is 0 Å². The largest absolute Gasteiger partial charge is 0.292 e. The Labute approximate surface area is 122 Å². The lowest BCUT2D eigenvalue weighted by molar-refractivity contribution is 0.102. The molecule has 96 valence electrons. The molecule has 0 unspecified atom stereocenters. The second-order valence-corrected chi connectivity index (χ2v) is 7.09. The van der Waals surface area contributed by atoms with E-state index >= 15 is 0 Å². The molecule has 0 amide bonds. The minimum absolute atomic E-state index is 0.157. The van der Waals surface area contributed by atoms with E-state index in [-0.39, 0.29) is 5.78 Å². The molecule has 0 saturated carbocycles. The third-order valence-corrected chi connectivity index (χ3v) is 5.45. The normalized spacial score (nSPS) is 11.0. The van der Waals surface area contributed by atoms with Crippen molar-refractivity contribution >= 4 is 50.4 Å². The van der Waals surface area contributed by atoms with Gasteiger partial charge in [0, 0.05) is 10.3 Å². The van der Waals surface area contributed by atoms with Crippen LogP contribution < -0.4 is 0 Å². The van der Waals surface area contributed by atoms with Crippen molar-refractivity contribution in [2.75, 3.05) is 5.75 Å². The molecule has 6 heteroatoms. The highest BCUT2D eigenvalue weighted by Crippen LogP contribution is 2.28. The van der Waals surface area contributed by atoms with Gasteiger partial charge in [0.15, 0.2) is 5.78 Å². The summed E-state index contributed by atoms with van der Waals surface area (Å²) < 4.78 is 0. The number of carbonyl (C=O) groups excluding carboxylic acids is 1. The standard InChI is InChI=1S/C13H10N2OS3/c1-8-2-3-11(19-8)10(16)6-18-13-9-4-5-17-12(9)14-7-15-13/h2-5,7H,6H2,1H3. The SMILES string of the molecule is Cc1ccc(C(=O)CSc2ncnc3sccc23)s1. The van der Waals surface area contributed by atoms with Crippen LogP contribution in [0.1, 0.15) is 14.5 Å². The quantitative estimate of drug-likeness (QED) is 0.414. The van der Waals surface area contributed by atoms with Crippen molar-refractivity contribution in [2.24, 2.45) is 0 Å². The van der Waals surface area contributed by atoms with Gasteiger partial charge in [0.25, 0.3) is 0 Å². The molecule has 3 aromatic heterocycles. The van der Waals surface area contributed by atoms with E-state index in [1.165, 1.54) is 11.8 Å². The summed E-state index contributed by atoms with van der Waals surface area (Å²) in [5, 5.41) is 3.91. The van der Waals surface area contributed by atoms with Crippen LogP contribution in [0.3, 0.4) is 0 Å². The summed E-state index contributed by atoms with van der Waals surface area (Å²) >= 11 is 4.61. The summed E-state index contributed by atoms with van der Waals surface area (Å²) in [7, 11) is 0. The highest BCUT2D eigenvalue weighted by Gasteiger charge is 2.11. The molecule has 0 aliphatic rings. The number of fused-ring (bicyclic) bond motifs is 1. The van der Waals surface area contributed by atoms with E-state index < -0.39 is 0 Å². The number of rotatable bonds is 4. The zero-order chi connectivity index (χ0) is 13.2. The van der Waals surface area contributed by atoms with Crippen LogP contribution in [-0.4, -0.2) is 21.5 Å². The average molecular weight is 306 g/mol. The highest BCUT2D eigenvalue weighted by atomic mass is 32.2. The summed E-state index contributed by atoms with van der Waals surface area (Å²) in [4.78, 5) is 23.5. The lowest BCUT2D eigenvalue weighted by Crippen LogP contribution is -1.99. The second kappa shape index (κ2) is 5.40. The van der Waals surface area contributed by atoms with Gasteiger partial charge in [-0.2, -0.15) is 0 Å². The number of nitrogens with zero attached hydrogens (tertiary/aromatic N) is 2. The number of aryl methyl sites for hydroxylation is 1. The smallest absolute Gasteiger partial charge is 0.183 e. The molecule has 0 radical (unpaired) electrons. The van der Waals surface area contributed by atoms with Crippen LogP contribution in [0.4, 0.5) is 0 Å². The molecule has 0 fully saturated rings. The third-order valence-electron chi connectivity index (χ3n) is 2.58. The van der Waals surface area contributed by atoms with E-state index in [1.54, 1.807) is 29.0 Å². The Morgan fingerprint density at radius 2 is 2.21 bits per heavy atom. The lowest BCUT2D eigenvalue weighted by atomic mass is 10.3. The van der Waals surface area contributed by atoms with Crippen molar-refractivity contribution in [2.45, 2.75) is 11.9 Å². The first-order valence-corrected chi connectivity index (χ1v) is 8.33. The molecule has 3 nitrogen and oxygen atoms in total. The molecule has 0 saturated heterocycles. The lowest BCUT2D eigenvalue weighted by Gasteiger charge is -2.00. The first-order chi connectivity index (χ1) is 9.24. The number of hydrogen-bond donors (Lipinski definition) is 0. The molecule has 0 aliphatic carbocycles. The van der Waals surface area contributed by atoms with Gasteiger partial charge in [-0.05, 0) is 30.5 Å². The Balaban J connectivity index is 1.76. The molecule has 0 aromatic carbocycles. The summed E-state index contributed by atoms with van der Waals surface area (Å²) in [5.41, 5.74) is 0.